The van der Waals surface area contributed by atoms with Crippen molar-refractivity contribution in [2.24, 2.45) is 5.92 Å². The molecule has 6 rings (SSSR count). The molecule has 0 amide bonds. The fraction of sp³-hybridized carbons (Fsp3) is 0.346. The zero-order valence-electron chi connectivity index (χ0n) is 21.1. The Labute approximate surface area is 214 Å². The number of piperazine rings is 1. The number of anilines is 2. The number of H-pyrrole nitrogens is 2. The van der Waals surface area contributed by atoms with Gasteiger partial charge >= 0.3 is 0 Å². The van der Waals surface area contributed by atoms with E-state index in [1.807, 2.05) is 38.4 Å². The fourth-order valence-corrected chi connectivity index (χ4v) is 4.56. The SMILES string of the molecule is CC(C)C(O)Nc1cncc(-c2cc3c(-c4nc5c(N6CCN(C)CC6)cncc5[nH]4)n[nH]c3cn2)c1. The molecule has 1 saturated heterocycles. The van der Waals surface area contributed by atoms with E-state index in [1.54, 1.807) is 18.6 Å². The molecule has 0 bridgehead atoms. The summed E-state index contributed by atoms with van der Waals surface area (Å²) < 4.78 is 0. The number of nitrogens with zero attached hydrogens (tertiary/aromatic N) is 7. The van der Waals surface area contributed by atoms with Gasteiger partial charge in [0.15, 0.2) is 5.82 Å². The van der Waals surface area contributed by atoms with Crippen LogP contribution in [-0.4, -0.2) is 84.6 Å². The van der Waals surface area contributed by atoms with Gasteiger partial charge in [-0.05, 0) is 25.1 Å². The third-order valence-electron chi connectivity index (χ3n) is 6.87. The minimum absolute atomic E-state index is 0.0717. The Morgan fingerprint density at radius 3 is 2.59 bits per heavy atom. The quantitative estimate of drug-likeness (QED) is 0.260. The van der Waals surface area contributed by atoms with Crippen LogP contribution >= 0.6 is 0 Å². The van der Waals surface area contributed by atoms with Crippen molar-refractivity contribution in [2.75, 3.05) is 43.4 Å². The number of likely N-dealkylation sites (N-methyl/N-ethyl adjacent to an activating group) is 1. The molecule has 6 heterocycles. The molecule has 190 valence electrons. The van der Waals surface area contributed by atoms with E-state index in [0.717, 1.165) is 76.4 Å². The van der Waals surface area contributed by atoms with Crippen molar-refractivity contribution in [1.29, 1.82) is 0 Å². The van der Waals surface area contributed by atoms with E-state index in [1.165, 1.54) is 0 Å². The van der Waals surface area contributed by atoms with E-state index in [-0.39, 0.29) is 5.92 Å². The number of pyridine rings is 3. The summed E-state index contributed by atoms with van der Waals surface area (Å²) >= 11 is 0. The topological polar surface area (TPSA) is 135 Å². The van der Waals surface area contributed by atoms with Crippen LogP contribution in [0.3, 0.4) is 0 Å². The molecule has 1 unspecified atom stereocenters. The van der Waals surface area contributed by atoms with Crippen LogP contribution in [0.2, 0.25) is 0 Å². The Morgan fingerprint density at radius 2 is 1.78 bits per heavy atom. The van der Waals surface area contributed by atoms with Crippen LogP contribution in [0.4, 0.5) is 11.4 Å². The molecule has 5 aromatic rings. The molecular weight excluding hydrogens is 468 g/mol. The summed E-state index contributed by atoms with van der Waals surface area (Å²) in [4.78, 5) is 26.5. The Balaban J connectivity index is 1.36. The van der Waals surface area contributed by atoms with E-state index in [9.17, 15) is 5.11 Å². The third kappa shape index (κ3) is 4.47. The number of nitrogens with one attached hydrogen (secondary N) is 3. The van der Waals surface area contributed by atoms with Crippen LogP contribution in [0, 0.1) is 5.92 Å². The number of fused-ring (bicyclic) bond motifs is 2. The monoisotopic (exact) mass is 498 g/mol. The number of aromatic amines is 2. The minimum atomic E-state index is -0.661. The van der Waals surface area contributed by atoms with Crippen LogP contribution in [0.5, 0.6) is 0 Å². The largest absolute Gasteiger partial charge is 0.374 e. The van der Waals surface area contributed by atoms with E-state index in [2.05, 4.69) is 52.3 Å². The van der Waals surface area contributed by atoms with Crippen molar-refractivity contribution in [1.82, 2.24) is 40.0 Å². The summed E-state index contributed by atoms with van der Waals surface area (Å²) in [5.74, 6) is 0.748. The second kappa shape index (κ2) is 9.41. The van der Waals surface area contributed by atoms with Gasteiger partial charge in [0, 0.05) is 43.3 Å². The Kier molecular flexibility index (Phi) is 5.93. The first kappa shape index (κ1) is 23.3. The third-order valence-corrected chi connectivity index (χ3v) is 6.87. The maximum atomic E-state index is 10.2. The molecular formula is C26H30N10O. The first-order chi connectivity index (χ1) is 18.0. The van der Waals surface area contributed by atoms with Gasteiger partial charge in [-0.1, -0.05) is 13.8 Å². The van der Waals surface area contributed by atoms with Crippen LogP contribution in [0.25, 0.3) is 44.7 Å². The molecule has 37 heavy (non-hydrogen) atoms. The van der Waals surface area contributed by atoms with Gasteiger partial charge < -0.3 is 25.2 Å². The van der Waals surface area contributed by atoms with Crippen molar-refractivity contribution in [2.45, 2.75) is 20.1 Å². The van der Waals surface area contributed by atoms with Crippen LogP contribution < -0.4 is 10.2 Å². The zero-order chi connectivity index (χ0) is 25.5. The molecule has 1 aliphatic heterocycles. The molecule has 1 aliphatic rings. The second-order valence-corrected chi connectivity index (χ2v) is 9.91. The van der Waals surface area contributed by atoms with Crippen LogP contribution in [0.1, 0.15) is 13.8 Å². The van der Waals surface area contributed by atoms with Gasteiger partial charge in [-0.3, -0.25) is 20.1 Å². The van der Waals surface area contributed by atoms with Gasteiger partial charge in [0.25, 0.3) is 0 Å². The lowest BCUT2D eigenvalue weighted by Crippen LogP contribution is -2.44. The molecule has 4 N–H and O–H groups in total. The molecule has 5 aromatic heterocycles. The van der Waals surface area contributed by atoms with E-state index < -0.39 is 6.23 Å². The van der Waals surface area contributed by atoms with Crippen molar-refractivity contribution < 1.29 is 5.11 Å². The lowest BCUT2D eigenvalue weighted by atomic mass is 10.1. The number of aliphatic hydroxyl groups excluding tert-OH is 1. The number of hydrogen-bond acceptors (Lipinski definition) is 9. The Bertz CT molecular complexity index is 1550. The summed E-state index contributed by atoms with van der Waals surface area (Å²) in [6.45, 7) is 7.80. The van der Waals surface area contributed by atoms with Gasteiger partial charge in [-0.2, -0.15) is 5.10 Å². The predicted octanol–water partition coefficient (Wildman–Crippen LogP) is 3.10. The number of imidazole rings is 1. The molecule has 1 atom stereocenters. The summed E-state index contributed by atoms with van der Waals surface area (Å²) in [6.07, 6.45) is 8.26. The number of aromatic nitrogens is 7. The lowest BCUT2D eigenvalue weighted by molar-refractivity contribution is 0.153. The highest BCUT2D eigenvalue weighted by Gasteiger charge is 2.21. The van der Waals surface area contributed by atoms with Gasteiger partial charge in [-0.25, -0.2) is 4.98 Å². The van der Waals surface area contributed by atoms with Crippen molar-refractivity contribution in [3.05, 3.63) is 43.1 Å². The van der Waals surface area contributed by atoms with Gasteiger partial charge in [0.2, 0.25) is 0 Å². The van der Waals surface area contributed by atoms with Gasteiger partial charge in [0.1, 0.15) is 17.4 Å². The normalized spacial score (nSPS) is 15.6. The number of aliphatic hydroxyl groups is 1. The van der Waals surface area contributed by atoms with E-state index in [0.29, 0.717) is 5.82 Å². The predicted molar refractivity (Wildman–Crippen MR) is 144 cm³/mol. The van der Waals surface area contributed by atoms with Crippen molar-refractivity contribution >= 4 is 33.3 Å². The Morgan fingerprint density at radius 1 is 0.973 bits per heavy atom. The highest BCUT2D eigenvalue weighted by atomic mass is 16.3. The highest BCUT2D eigenvalue weighted by molar-refractivity contribution is 5.96. The Hall–Kier alpha value is -4.09. The summed E-state index contributed by atoms with van der Waals surface area (Å²) in [5, 5.41) is 21.8. The molecule has 0 radical (unpaired) electrons. The molecule has 11 heteroatoms. The molecule has 0 aliphatic carbocycles. The summed E-state index contributed by atoms with van der Waals surface area (Å²) in [7, 11) is 2.15. The van der Waals surface area contributed by atoms with Gasteiger partial charge in [-0.15, -0.1) is 0 Å². The van der Waals surface area contributed by atoms with E-state index in [4.69, 9.17) is 4.98 Å². The molecule has 0 spiro atoms. The van der Waals surface area contributed by atoms with Crippen molar-refractivity contribution in [3.8, 4) is 22.8 Å². The van der Waals surface area contributed by atoms with E-state index >= 15 is 0 Å². The van der Waals surface area contributed by atoms with Crippen molar-refractivity contribution in [3.63, 3.8) is 0 Å². The average molecular weight is 499 g/mol. The molecule has 0 aromatic carbocycles. The molecule has 11 nitrogen and oxygen atoms in total. The molecule has 1 fully saturated rings. The molecule has 0 saturated carbocycles. The smallest absolute Gasteiger partial charge is 0.159 e. The maximum absolute atomic E-state index is 10.2. The first-order valence-corrected chi connectivity index (χ1v) is 12.5. The highest BCUT2D eigenvalue weighted by Crippen LogP contribution is 2.32. The zero-order valence-corrected chi connectivity index (χ0v) is 21.1. The van der Waals surface area contributed by atoms with Gasteiger partial charge in [0.05, 0.1) is 52.9 Å². The summed E-state index contributed by atoms with van der Waals surface area (Å²) in [6, 6.07) is 3.92. The van der Waals surface area contributed by atoms with Crippen LogP contribution in [-0.2, 0) is 0 Å². The number of rotatable bonds is 6. The summed E-state index contributed by atoms with van der Waals surface area (Å²) in [5.41, 5.74) is 6.66. The number of hydrogen-bond donors (Lipinski definition) is 4. The van der Waals surface area contributed by atoms with Crippen LogP contribution in [0.15, 0.2) is 43.1 Å². The standard InChI is InChI=1S/C26H30N10O/c1-15(2)26(37)30-17-8-16(10-27-11-17)19-9-18-20(13-29-19)33-34-23(18)25-31-21-12-28-14-22(24(21)32-25)36-6-4-35(3)5-7-36/h8-15,26,30,37H,4-7H2,1-3H3,(H,31,32)(H,33,34). The second-order valence-electron chi connectivity index (χ2n) is 9.91. The first-order valence-electron chi connectivity index (χ1n) is 12.5. The lowest BCUT2D eigenvalue weighted by Gasteiger charge is -2.33. The fourth-order valence-electron chi connectivity index (χ4n) is 4.56. The minimum Gasteiger partial charge on any atom is -0.374 e. The maximum Gasteiger partial charge on any atom is 0.159 e. The average Bonchev–Trinajstić information content (AvgIpc) is 3.53.